The van der Waals surface area contributed by atoms with Gasteiger partial charge in [-0.3, -0.25) is 0 Å². The summed E-state index contributed by atoms with van der Waals surface area (Å²) in [5.74, 6) is 2.46. The van der Waals surface area contributed by atoms with E-state index in [4.69, 9.17) is 4.74 Å². The average Bonchev–Trinajstić information content (AvgIpc) is 2.99. The number of anilines is 2. The maximum atomic E-state index is 6.14. The Balaban J connectivity index is 1.56. The van der Waals surface area contributed by atoms with E-state index >= 15 is 0 Å². The number of aromatic nitrogens is 1. The third-order valence-electron chi connectivity index (χ3n) is 4.97. The van der Waals surface area contributed by atoms with Crippen LogP contribution in [0.1, 0.15) is 49.9 Å². The van der Waals surface area contributed by atoms with Crippen molar-refractivity contribution in [3.05, 3.63) is 47.2 Å². The van der Waals surface area contributed by atoms with Gasteiger partial charge in [0.15, 0.2) is 0 Å². The van der Waals surface area contributed by atoms with Crippen LogP contribution in [0.3, 0.4) is 0 Å². The van der Waals surface area contributed by atoms with Gasteiger partial charge in [-0.05, 0) is 55.9 Å². The number of hydrogen-bond acceptors (Lipinski definition) is 4. The molecular formula is C20H25N3O. The van der Waals surface area contributed by atoms with Crippen molar-refractivity contribution in [2.24, 2.45) is 0 Å². The van der Waals surface area contributed by atoms with Gasteiger partial charge < -0.3 is 15.4 Å². The Bertz CT molecular complexity index is 769. The summed E-state index contributed by atoms with van der Waals surface area (Å²) in [5, 5.41) is 6.98. The van der Waals surface area contributed by atoms with Crippen LogP contribution >= 0.6 is 0 Å². The van der Waals surface area contributed by atoms with Crippen LogP contribution in [0.25, 0.3) is 0 Å². The Morgan fingerprint density at radius 3 is 3.00 bits per heavy atom. The second-order valence-electron chi connectivity index (χ2n) is 7.61. The maximum Gasteiger partial charge on any atom is 0.143 e. The molecule has 4 heteroatoms. The van der Waals surface area contributed by atoms with Crippen molar-refractivity contribution in [2.45, 2.75) is 51.7 Å². The molecule has 0 saturated carbocycles. The fourth-order valence-electron chi connectivity index (χ4n) is 3.91. The molecule has 2 aliphatic heterocycles. The standard InChI is InChI=1S/C20H25N3O/c1-13-11-20(2,3)23-18-16(13)5-4-6-17(18)24-12-15-8-7-14-9-10-21-19(14)22-15/h4-8,13,23H,9-12H2,1-3H3,(H,21,22). The molecule has 3 heterocycles. The van der Waals surface area contributed by atoms with Gasteiger partial charge in [-0.2, -0.15) is 0 Å². The molecule has 0 amide bonds. The number of pyridine rings is 1. The number of para-hydroxylation sites is 1. The smallest absolute Gasteiger partial charge is 0.143 e. The third kappa shape index (κ3) is 2.81. The van der Waals surface area contributed by atoms with E-state index in [1.54, 1.807) is 0 Å². The van der Waals surface area contributed by atoms with Crippen molar-refractivity contribution in [3.63, 3.8) is 0 Å². The highest BCUT2D eigenvalue weighted by Gasteiger charge is 2.31. The molecule has 4 nitrogen and oxygen atoms in total. The summed E-state index contributed by atoms with van der Waals surface area (Å²) in [4.78, 5) is 4.67. The quantitative estimate of drug-likeness (QED) is 0.883. The van der Waals surface area contributed by atoms with Crippen molar-refractivity contribution in [1.29, 1.82) is 0 Å². The SMILES string of the molecule is CC1CC(C)(C)Nc2c(OCc3ccc4c(n3)NCC4)cccc21. The molecule has 0 saturated heterocycles. The van der Waals surface area contributed by atoms with Gasteiger partial charge in [0.05, 0.1) is 11.4 Å². The molecule has 4 rings (SSSR count). The molecule has 1 aromatic heterocycles. The van der Waals surface area contributed by atoms with Crippen LogP contribution in [0.5, 0.6) is 5.75 Å². The first-order valence-corrected chi connectivity index (χ1v) is 8.78. The van der Waals surface area contributed by atoms with Crippen molar-refractivity contribution in [3.8, 4) is 5.75 Å². The second kappa shape index (κ2) is 5.69. The van der Waals surface area contributed by atoms with Crippen LogP contribution in [0.2, 0.25) is 0 Å². The Labute approximate surface area is 143 Å². The zero-order valence-electron chi connectivity index (χ0n) is 14.6. The maximum absolute atomic E-state index is 6.14. The van der Waals surface area contributed by atoms with Gasteiger partial charge in [-0.15, -0.1) is 0 Å². The van der Waals surface area contributed by atoms with E-state index in [1.807, 2.05) is 6.07 Å². The molecule has 2 N–H and O–H groups in total. The van der Waals surface area contributed by atoms with Crippen molar-refractivity contribution in [1.82, 2.24) is 4.98 Å². The summed E-state index contributed by atoms with van der Waals surface area (Å²) >= 11 is 0. The first-order chi connectivity index (χ1) is 11.5. The molecule has 0 fully saturated rings. The Kier molecular flexibility index (Phi) is 3.63. The topological polar surface area (TPSA) is 46.2 Å². The number of nitrogens with one attached hydrogen (secondary N) is 2. The zero-order valence-corrected chi connectivity index (χ0v) is 14.6. The summed E-state index contributed by atoms with van der Waals surface area (Å²) in [7, 11) is 0. The predicted molar refractivity (Wildman–Crippen MR) is 97.9 cm³/mol. The lowest BCUT2D eigenvalue weighted by Crippen LogP contribution is -2.36. The predicted octanol–water partition coefficient (Wildman–Crippen LogP) is 4.33. The lowest BCUT2D eigenvalue weighted by molar-refractivity contribution is 0.300. The van der Waals surface area contributed by atoms with Gasteiger partial charge in [0.1, 0.15) is 18.2 Å². The summed E-state index contributed by atoms with van der Waals surface area (Å²) in [6.45, 7) is 8.25. The molecule has 1 unspecified atom stereocenters. The minimum Gasteiger partial charge on any atom is -0.485 e. The fraction of sp³-hybridized carbons (Fsp3) is 0.450. The molecule has 1 atom stereocenters. The second-order valence-corrected chi connectivity index (χ2v) is 7.61. The number of benzene rings is 1. The Morgan fingerprint density at radius 1 is 1.25 bits per heavy atom. The van der Waals surface area contributed by atoms with Gasteiger partial charge in [-0.1, -0.05) is 25.1 Å². The van der Waals surface area contributed by atoms with Gasteiger partial charge in [0, 0.05) is 12.1 Å². The van der Waals surface area contributed by atoms with E-state index in [0.29, 0.717) is 12.5 Å². The Hall–Kier alpha value is -2.23. The van der Waals surface area contributed by atoms with Crippen molar-refractivity contribution < 1.29 is 4.74 Å². The highest BCUT2D eigenvalue weighted by Crippen LogP contribution is 2.43. The van der Waals surface area contributed by atoms with Gasteiger partial charge in [0.25, 0.3) is 0 Å². The number of nitrogens with zero attached hydrogens (tertiary/aromatic N) is 1. The third-order valence-corrected chi connectivity index (χ3v) is 4.97. The number of fused-ring (bicyclic) bond motifs is 2. The van der Waals surface area contributed by atoms with E-state index in [0.717, 1.165) is 42.3 Å². The molecule has 0 bridgehead atoms. The Morgan fingerprint density at radius 2 is 2.12 bits per heavy atom. The highest BCUT2D eigenvalue weighted by atomic mass is 16.5. The van der Waals surface area contributed by atoms with Crippen molar-refractivity contribution >= 4 is 11.5 Å². The lowest BCUT2D eigenvalue weighted by atomic mass is 9.82. The molecule has 24 heavy (non-hydrogen) atoms. The van der Waals surface area contributed by atoms with Gasteiger partial charge >= 0.3 is 0 Å². The first kappa shape index (κ1) is 15.3. The van der Waals surface area contributed by atoms with Crippen LogP contribution in [0.15, 0.2) is 30.3 Å². The molecule has 126 valence electrons. The van der Waals surface area contributed by atoms with Crippen LogP contribution in [0, 0.1) is 0 Å². The monoisotopic (exact) mass is 323 g/mol. The number of hydrogen-bond donors (Lipinski definition) is 2. The normalized spacial score (nSPS) is 20.5. The number of ether oxygens (including phenoxy) is 1. The van der Waals surface area contributed by atoms with Crippen LogP contribution in [-0.2, 0) is 13.0 Å². The molecule has 2 aliphatic rings. The molecule has 0 radical (unpaired) electrons. The van der Waals surface area contributed by atoms with E-state index in [9.17, 15) is 0 Å². The molecule has 1 aromatic carbocycles. The van der Waals surface area contributed by atoms with Gasteiger partial charge in [0.2, 0.25) is 0 Å². The molecule has 2 aromatic rings. The summed E-state index contributed by atoms with van der Waals surface area (Å²) in [6.07, 6.45) is 2.19. The minimum absolute atomic E-state index is 0.0849. The highest BCUT2D eigenvalue weighted by molar-refractivity contribution is 5.66. The van der Waals surface area contributed by atoms with E-state index < -0.39 is 0 Å². The van der Waals surface area contributed by atoms with E-state index in [-0.39, 0.29) is 5.54 Å². The number of rotatable bonds is 3. The van der Waals surface area contributed by atoms with Gasteiger partial charge in [-0.25, -0.2) is 4.98 Å². The largest absolute Gasteiger partial charge is 0.485 e. The summed E-state index contributed by atoms with van der Waals surface area (Å²) in [6, 6.07) is 10.6. The van der Waals surface area contributed by atoms with E-state index in [1.165, 1.54) is 11.1 Å². The van der Waals surface area contributed by atoms with Crippen LogP contribution in [0.4, 0.5) is 11.5 Å². The minimum atomic E-state index is 0.0849. The average molecular weight is 323 g/mol. The first-order valence-electron chi connectivity index (χ1n) is 8.78. The van der Waals surface area contributed by atoms with Crippen LogP contribution < -0.4 is 15.4 Å². The van der Waals surface area contributed by atoms with E-state index in [2.05, 4.69) is 60.7 Å². The lowest BCUT2D eigenvalue weighted by Gasteiger charge is -2.38. The van der Waals surface area contributed by atoms with Crippen molar-refractivity contribution in [2.75, 3.05) is 17.2 Å². The molecule has 0 spiro atoms. The zero-order chi connectivity index (χ0) is 16.7. The summed E-state index contributed by atoms with van der Waals surface area (Å²) in [5.41, 5.74) is 4.83. The molecule has 0 aliphatic carbocycles. The fourth-order valence-corrected chi connectivity index (χ4v) is 3.91. The summed E-state index contributed by atoms with van der Waals surface area (Å²) < 4.78 is 6.14. The molecular weight excluding hydrogens is 298 g/mol. The van der Waals surface area contributed by atoms with Crippen LogP contribution in [-0.4, -0.2) is 17.1 Å².